The Balaban J connectivity index is 2.22. The molecule has 0 saturated heterocycles. The summed E-state index contributed by atoms with van der Waals surface area (Å²) in [5.74, 6) is 0.680. The number of hydrogen-bond acceptors (Lipinski definition) is 5. The molecule has 1 rings (SSSR count). The second-order valence-electron chi connectivity index (χ2n) is 4.48. The molecule has 1 aromatic rings. The Morgan fingerprint density at radius 3 is 2.70 bits per heavy atom. The quantitative estimate of drug-likeness (QED) is 0.629. The molecule has 0 aliphatic rings. The van der Waals surface area contributed by atoms with Gasteiger partial charge in [-0.3, -0.25) is 0 Å². The second kappa shape index (κ2) is 10.6. The third-order valence-corrected chi connectivity index (χ3v) is 2.85. The Kier molecular flexibility index (Phi) is 8.95. The summed E-state index contributed by atoms with van der Waals surface area (Å²) in [7, 11) is 1.67. The number of pyridine rings is 1. The first-order valence-electron chi connectivity index (χ1n) is 7.14. The van der Waals surface area contributed by atoms with Crippen LogP contribution in [0.3, 0.4) is 0 Å². The van der Waals surface area contributed by atoms with Crippen LogP contribution < -0.4 is 10.1 Å². The zero-order valence-electron chi connectivity index (χ0n) is 12.8. The molecule has 20 heavy (non-hydrogen) atoms. The molecule has 5 heteroatoms. The first kappa shape index (κ1) is 16.9. The number of rotatable bonds is 11. The number of hydrogen-bond donors (Lipinski definition) is 1. The van der Waals surface area contributed by atoms with Gasteiger partial charge in [0, 0.05) is 38.4 Å². The van der Waals surface area contributed by atoms with Crippen LogP contribution in [0, 0.1) is 6.92 Å². The van der Waals surface area contributed by atoms with Crippen LogP contribution in [0.15, 0.2) is 12.1 Å². The van der Waals surface area contributed by atoms with E-state index in [-0.39, 0.29) is 0 Å². The lowest BCUT2D eigenvalue weighted by atomic mass is 10.2. The average Bonchev–Trinajstić information content (AvgIpc) is 2.45. The summed E-state index contributed by atoms with van der Waals surface area (Å²) in [4.78, 5) is 4.45. The Labute approximate surface area is 121 Å². The number of methoxy groups -OCH3 is 1. The molecule has 0 radical (unpaired) electrons. The van der Waals surface area contributed by atoms with Crippen molar-refractivity contribution in [2.75, 3.05) is 40.1 Å². The van der Waals surface area contributed by atoms with Gasteiger partial charge in [-0.2, -0.15) is 0 Å². The number of aryl methyl sites for hydroxylation is 1. The normalized spacial score (nSPS) is 10.8. The van der Waals surface area contributed by atoms with E-state index in [2.05, 4.69) is 23.3 Å². The lowest BCUT2D eigenvalue weighted by molar-refractivity contribution is 0.0642. The van der Waals surface area contributed by atoms with Gasteiger partial charge in [0.1, 0.15) is 0 Å². The zero-order chi connectivity index (χ0) is 14.6. The molecule has 0 unspecified atom stereocenters. The Morgan fingerprint density at radius 2 is 2.00 bits per heavy atom. The van der Waals surface area contributed by atoms with Crippen molar-refractivity contribution >= 4 is 0 Å². The maximum absolute atomic E-state index is 5.61. The van der Waals surface area contributed by atoms with Crippen LogP contribution in [0.4, 0.5) is 0 Å². The van der Waals surface area contributed by atoms with E-state index in [1.807, 2.05) is 13.0 Å². The van der Waals surface area contributed by atoms with E-state index in [1.165, 1.54) is 5.56 Å². The SMILES string of the molecule is CCNCc1ccc(OCCCOCCOC)nc1C. The van der Waals surface area contributed by atoms with Crippen molar-refractivity contribution in [3.05, 3.63) is 23.4 Å². The molecular weight excluding hydrogens is 256 g/mol. The summed E-state index contributed by atoms with van der Waals surface area (Å²) in [5.41, 5.74) is 2.22. The fourth-order valence-electron chi connectivity index (χ4n) is 1.68. The Bertz CT molecular complexity index is 372. The molecule has 0 saturated carbocycles. The topological polar surface area (TPSA) is 52.6 Å². The van der Waals surface area contributed by atoms with E-state index in [0.717, 1.165) is 25.2 Å². The van der Waals surface area contributed by atoms with Crippen molar-refractivity contribution in [2.24, 2.45) is 0 Å². The minimum Gasteiger partial charge on any atom is -0.478 e. The second-order valence-corrected chi connectivity index (χ2v) is 4.48. The van der Waals surface area contributed by atoms with Gasteiger partial charge in [-0.15, -0.1) is 0 Å². The van der Waals surface area contributed by atoms with Crippen LogP contribution in [0.1, 0.15) is 24.6 Å². The maximum Gasteiger partial charge on any atom is 0.213 e. The van der Waals surface area contributed by atoms with Crippen LogP contribution in [-0.2, 0) is 16.0 Å². The van der Waals surface area contributed by atoms with Crippen LogP contribution in [0.5, 0.6) is 5.88 Å². The number of ether oxygens (including phenoxy) is 3. The highest BCUT2D eigenvalue weighted by molar-refractivity contribution is 5.24. The van der Waals surface area contributed by atoms with Gasteiger partial charge in [-0.05, 0) is 19.0 Å². The Morgan fingerprint density at radius 1 is 1.15 bits per heavy atom. The van der Waals surface area contributed by atoms with E-state index in [0.29, 0.717) is 32.3 Å². The number of aromatic nitrogens is 1. The van der Waals surface area contributed by atoms with Crippen molar-refractivity contribution in [3.8, 4) is 5.88 Å². The predicted molar refractivity (Wildman–Crippen MR) is 79.2 cm³/mol. The zero-order valence-corrected chi connectivity index (χ0v) is 12.8. The van der Waals surface area contributed by atoms with Crippen LogP contribution >= 0.6 is 0 Å². The van der Waals surface area contributed by atoms with E-state index in [9.17, 15) is 0 Å². The van der Waals surface area contributed by atoms with Crippen LogP contribution in [0.2, 0.25) is 0 Å². The molecule has 0 amide bonds. The summed E-state index contributed by atoms with van der Waals surface area (Å²) in [6.45, 7) is 8.47. The average molecular weight is 282 g/mol. The summed E-state index contributed by atoms with van der Waals surface area (Å²) in [6, 6.07) is 3.99. The van der Waals surface area contributed by atoms with E-state index < -0.39 is 0 Å². The number of nitrogens with one attached hydrogen (secondary N) is 1. The maximum atomic E-state index is 5.61. The molecule has 1 heterocycles. The van der Waals surface area contributed by atoms with Gasteiger partial charge in [-0.1, -0.05) is 13.0 Å². The molecule has 0 fully saturated rings. The largest absolute Gasteiger partial charge is 0.478 e. The standard InChI is InChI=1S/C15H26N2O3/c1-4-16-12-14-6-7-15(17-13(14)2)20-9-5-8-19-11-10-18-3/h6-7,16H,4-5,8-12H2,1-3H3. The third kappa shape index (κ3) is 6.84. The fourth-order valence-corrected chi connectivity index (χ4v) is 1.68. The highest BCUT2D eigenvalue weighted by Gasteiger charge is 2.02. The van der Waals surface area contributed by atoms with Gasteiger partial charge in [0.05, 0.1) is 19.8 Å². The molecule has 0 aromatic carbocycles. The van der Waals surface area contributed by atoms with Crippen molar-refractivity contribution in [3.63, 3.8) is 0 Å². The molecule has 0 atom stereocenters. The molecule has 0 aliphatic carbocycles. The smallest absolute Gasteiger partial charge is 0.213 e. The van der Waals surface area contributed by atoms with Gasteiger partial charge < -0.3 is 19.5 Å². The third-order valence-electron chi connectivity index (χ3n) is 2.85. The molecule has 0 spiro atoms. The van der Waals surface area contributed by atoms with Crippen molar-refractivity contribution in [2.45, 2.75) is 26.8 Å². The monoisotopic (exact) mass is 282 g/mol. The van der Waals surface area contributed by atoms with Gasteiger partial charge in [0.2, 0.25) is 5.88 Å². The van der Waals surface area contributed by atoms with E-state index in [4.69, 9.17) is 14.2 Å². The van der Waals surface area contributed by atoms with Crippen molar-refractivity contribution in [1.82, 2.24) is 10.3 Å². The molecule has 0 bridgehead atoms. The summed E-state index contributed by atoms with van der Waals surface area (Å²) in [6.07, 6.45) is 0.851. The highest BCUT2D eigenvalue weighted by atomic mass is 16.5. The fraction of sp³-hybridized carbons (Fsp3) is 0.667. The van der Waals surface area contributed by atoms with Crippen molar-refractivity contribution < 1.29 is 14.2 Å². The van der Waals surface area contributed by atoms with Gasteiger partial charge in [-0.25, -0.2) is 4.98 Å². The highest BCUT2D eigenvalue weighted by Crippen LogP contribution is 2.12. The van der Waals surface area contributed by atoms with Crippen LogP contribution in [-0.4, -0.2) is 45.1 Å². The lowest BCUT2D eigenvalue weighted by Crippen LogP contribution is -2.13. The molecule has 1 aromatic heterocycles. The number of nitrogens with zero attached hydrogens (tertiary/aromatic N) is 1. The predicted octanol–water partition coefficient (Wildman–Crippen LogP) is 1.93. The minimum atomic E-state index is 0.617. The first-order valence-corrected chi connectivity index (χ1v) is 7.14. The molecule has 114 valence electrons. The summed E-state index contributed by atoms with van der Waals surface area (Å²) >= 11 is 0. The molecule has 1 N–H and O–H groups in total. The molecular formula is C15H26N2O3. The first-order chi connectivity index (χ1) is 9.77. The molecule has 0 aliphatic heterocycles. The summed E-state index contributed by atoms with van der Waals surface area (Å²) in [5, 5.41) is 3.29. The van der Waals surface area contributed by atoms with Crippen molar-refractivity contribution in [1.29, 1.82) is 0 Å². The van der Waals surface area contributed by atoms with Gasteiger partial charge >= 0.3 is 0 Å². The Hall–Kier alpha value is -1.17. The molecule has 5 nitrogen and oxygen atoms in total. The van der Waals surface area contributed by atoms with Gasteiger partial charge in [0.15, 0.2) is 0 Å². The van der Waals surface area contributed by atoms with E-state index >= 15 is 0 Å². The lowest BCUT2D eigenvalue weighted by Gasteiger charge is -2.09. The van der Waals surface area contributed by atoms with Crippen LogP contribution in [0.25, 0.3) is 0 Å². The summed E-state index contributed by atoms with van der Waals surface area (Å²) < 4.78 is 15.9. The van der Waals surface area contributed by atoms with E-state index in [1.54, 1.807) is 7.11 Å². The minimum absolute atomic E-state index is 0.617. The van der Waals surface area contributed by atoms with Gasteiger partial charge in [0.25, 0.3) is 0 Å².